The standard InChI is InChI=1S/C15H19ClN6O/c1-2-13(15(23)21-9-7-17-8-10-21)22-19-14(18-20-22)11-3-5-12(16)6-4-11/h3-6,13,17H,2,7-10H2,1H3. The van der Waals surface area contributed by atoms with Gasteiger partial charge in [-0.3, -0.25) is 4.79 Å². The molecule has 0 bridgehead atoms. The lowest BCUT2D eigenvalue weighted by atomic mass is 10.2. The summed E-state index contributed by atoms with van der Waals surface area (Å²) in [4.78, 5) is 16.0. The maximum Gasteiger partial charge on any atom is 0.249 e. The van der Waals surface area contributed by atoms with Crippen molar-refractivity contribution in [2.24, 2.45) is 0 Å². The molecule has 1 saturated heterocycles. The predicted molar refractivity (Wildman–Crippen MR) is 87.0 cm³/mol. The Labute approximate surface area is 139 Å². The minimum absolute atomic E-state index is 0.0501. The second kappa shape index (κ2) is 7.06. The molecule has 1 aliphatic heterocycles. The lowest BCUT2D eigenvalue weighted by molar-refractivity contribution is -0.136. The molecular formula is C15H19ClN6O. The zero-order valence-electron chi connectivity index (χ0n) is 12.9. The van der Waals surface area contributed by atoms with Crippen LogP contribution >= 0.6 is 11.6 Å². The zero-order valence-corrected chi connectivity index (χ0v) is 13.7. The summed E-state index contributed by atoms with van der Waals surface area (Å²) in [7, 11) is 0. The molecule has 0 spiro atoms. The molecule has 0 radical (unpaired) electrons. The van der Waals surface area contributed by atoms with E-state index in [0.29, 0.717) is 30.4 Å². The van der Waals surface area contributed by atoms with E-state index in [1.54, 1.807) is 12.1 Å². The van der Waals surface area contributed by atoms with Gasteiger partial charge in [0.05, 0.1) is 0 Å². The second-order valence-electron chi connectivity index (χ2n) is 5.44. The maximum atomic E-state index is 12.7. The highest BCUT2D eigenvalue weighted by Crippen LogP contribution is 2.19. The molecule has 122 valence electrons. The van der Waals surface area contributed by atoms with E-state index in [2.05, 4.69) is 20.7 Å². The number of nitrogens with zero attached hydrogens (tertiary/aromatic N) is 5. The van der Waals surface area contributed by atoms with Gasteiger partial charge in [-0.15, -0.1) is 10.2 Å². The zero-order chi connectivity index (χ0) is 16.2. The van der Waals surface area contributed by atoms with Crippen LogP contribution in [0.5, 0.6) is 0 Å². The van der Waals surface area contributed by atoms with E-state index in [0.717, 1.165) is 18.7 Å². The van der Waals surface area contributed by atoms with Crippen LogP contribution in [-0.2, 0) is 4.79 Å². The fraction of sp³-hybridized carbons (Fsp3) is 0.467. The number of hydrogen-bond acceptors (Lipinski definition) is 5. The summed E-state index contributed by atoms with van der Waals surface area (Å²) in [5.74, 6) is 0.544. The summed E-state index contributed by atoms with van der Waals surface area (Å²) in [6.07, 6.45) is 0.624. The van der Waals surface area contributed by atoms with Gasteiger partial charge in [0.25, 0.3) is 0 Å². The number of benzene rings is 1. The third kappa shape index (κ3) is 3.51. The van der Waals surface area contributed by atoms with Crippen molar-refractivity contribution in [2.75, 3.05) is 26.2 Å². The van der Waals surface area contributed by atoms with Crippen LogP contribution in [0.1, 0.15) is 19.4 Å². The Kier molecular flexibility index (Phi) is 4.88. The highest BCUT2D eigenvalue weighted by molar-refractivity contribution is 6.30. The van der Waals surface area contributed by atoms with Crippen LogP contribution < -0.4 is 5.32 Å². The minimum Gasteiger partial charge on any atom is -0.338 e. The van der Waals surface area contributed by atoms with E-state index in [-0.39, 0.29) is 5.91 Å². The summed E-state index contributed by atoms with van der Waals surface area (Å²) in [6, 6.07) is 6.81. The van der Waals surface area contributed by atoms with E-state index >= 15 is 0 Å². The van der Waals surface area contributed by atoms with Crippen LogP contribution in [0.4, 0.5) is 0 Å². The molecule has 23 heavy (non-hydrogen) atoms. The van der Waals surface area contributed by atoms with E-state index < -0.39 is 6.04 Å². The van der Waals surface area contributed by atoms with Crippen LogP contribution in [-0.4, -0.2) is 57.2 Å². The monoisotopic (exact) mass is 334 g/mol. The average molecular weight is 335 g/mol. The molecule has 1 N–H and O–H groups in total. The molecule has 2 aromatic rings. The third-order valence-corrected chi connectivity index (χ3v) is 4.16. The first-order valence-electron chi connectivity index (χ1n) is 7.74. The largest absolute Gasteiger partial charge is 0.338 e. The van der Waals surface area contributed by atoms with Crippen molar-refractivity contribution in [2.45, 2.75) is 19.4 Å². The molecule has 1 amide bonds. The van der Waals surface area contributed by atoms with Crippen molar-refractivity contribution in [3.63, 3.8) is 0 Å². The molecule has 8 heteroatoms. The number of carbonyl (C=O) groups is 1. The Morgan fingerprint density at radius 3 is 2.65 bits per heavy atom. The molecular weight excluding hydrogens is 316 g/mol. The van der Waals surface area contributed by atoms with Gasteiger partial charge in [-0.1, -0.05) is 18.5 Å². The molecule has 1 aliphatic rings. The van der Waals surface area contributed by atoms with Crippen LogP contribution in [0.3, 0.4) is 0 Å². The van der Waals surface area contributed by atoms with Crippen molar-refractivity contribution in [1.82, 2.24) is 30.4 Å². The second-order valence-corrected chi connectivity index (χ2v) is 5.88. The van der Waals surface area contributed by atoms with Gasteiger partial charge in [0.2, 0.25) is 11.7 Å². The molecule has 2 heterocycles. The molecule has 7 nitrogen and oxygen atoms in total. The Morgan fingerprint density at radius 2 is 2.00 bits per heavy atom. The molecule has 1 aromatic carbocycles. The summed E-state index contributed by atoms with van der Waals surface area (Å²) >= 11 is 5.89. The predicted octanol–water partition coefficient (Wildman–Crippen LogP) is 1.38. The van der Waals surface area contributed by atoms with Crippen LogP contribution in [0.15, 0.2) is 24.3 Å². The molecule has 0 saturated carbocycles. The SMILES string of the molecule is CCC(C(=O)N1CCNCC1)n1nnc(-c2ccc(Cl)cc2)n1. The first-order valence-corrected chi connectivity index (χ1v) is 8.12. The van der Waals surface area contributed by atoms with Crippen molar-refractivity contribution < 1.29 is 4.79 Å². The van der Waals surface area contributed by atoms with Gasteiger partial charge in [-0.05, 0) is 35.9 Å². The molecule has 3 rings (SSSR count). The van der Waals surface area contributed by atoms with Crippen molar-refractivity contribution in [1.29, 1.82) is 0 Å². The number of rotatable bonds is 4. The highest BCUT2D eigenvalue weighted by atomic mass is 35.5. The van der Waals surface area contributed by atoms with E-state index in [1.165, 1.54) is 4.80 Å². The van der Waals surface area contributed by atoms with Gasteiger partial charge in [-0.2, -0.15) is 4.80 Å². The third-order valence-electron chi connectivity index (χ3n) is 3.91. The maximum absolute atomic E-state index is 12.7. The summed E-state index contributed by atoms with van der Waals surface area (Å²) in [5.41, 5.74) is 0.824. The fourth-order valence-corrected chi connectivity index (χ4v) is 2.73. The summed E-state index contributed by atoms with van der Waals surface area (Å²) < 4.78 is 0. The number of aromatic nitrogens is 4. The van der Waals surface area contributed by atoms with Gasteiger partial charge in [0.15, 0.2) is 6.04 Å². The summed E-state index contributed by atoms with van der Waals surface area (Å²) in [5, 5.41) is 16.4. The number of halogens is 1. The van der Waals surface area contributed by atoms with Gasteiger partial charge >= 0.3 is 0 Å². The summed E-state index contributed by atoms with van der Waals surface area (Å²) in [6.45, 7) is 5.03. The smallest absolute Gasteiger partial charge is 0.249 e. The van der Waals surface area contributed by atoms with Gasteiger partial charge in [0.1, 0.15) is 0 Å². The molecule has 0 aliphatic carbocycles. The molecule has 1 fully saturated rings. The lowest BCUT2D eigenvalue weighted by Crippen LogP contribution is -2.49. The first-order chi connectivity index (χ1) is 11.2. The Morgan fingerprint density at radius 1 is 1.30 bits per heavy atom. The quantitative estimate of drug-likeness (QED) is 0.914. The molecule has 1 atom stereocenters. The number of piperazine rings is 1. The van der Waals surface area contributed by atoms with Gasteiger partial charge in [-0.25, -0.2) is 0 Å². The first kappa shape index (κ1) is 15.9. The normalized spacial score (nSPS) is 16.3. The Hall–Kier alpha value is -1.99. The van der Waals surface area contributed by atoms with Crippen LogP contribution in [0.2, 0.25) is 5.02 Å². The van der Waals surface area contributed by atoms with Crippen LogP contribution in [0.25, 0.3) is 11.4 Å². The van der Waals surface area contributed by atoms with E-state index in [1.807, 2.05) is 24.0 Å². The molecule has 1 unspecified atom stereocenters. The van der Waals surface area contributed by atoms with Crippen LogP contribution in [0, 0.1) is 0 Å². The van der Waals surface area contributed by atoms with E-state index in [4.69, 9.17) is 11.6 Å². The Balaban J connectivity index is 1.79. The number of nitrogens with one attached hydrogen (secondary N) is 1. The van der Waals surface area contributed by atoms with Crippen molar-refractivity contribution in [3.05, 3.63) is 29.3 Å². The van der Waals surface area contributed by atoms with Gasteiger partial charge < -0.3 is 10.2 Å². The average Bonchev–Trinajstić information content (AvgIpc) is 3.06. The van der Waals surface area contributed by atoms with Crippen molar-refractivity contribution in [3.8, 4) is 11.4 Å². The molecule has 1 aromatic heterocycles. The fourth-order valence-electron chi connectivity index (χ4n) is 2.60. The van der Waals surface area contributed by atoms with Gasteiger partial charge in [0, 0.05) is 36.8 Å². The number of hydrogen-bond donors (Lipinski definition) is 1. The number of amides is 1. The highest BCUT2D eigenvalue weighted by Gasteiger charge is 2.27. The minimum atomic E-state index is -0.415. The topological polar surface area (TPSA) is 75.9 Å². The van der Waals surface area contributed by atoms with E-state index in [9.17, 15) is 4.79 Å². The Bertz CT molecular complexity index is 665. The lowest BCUT2D eigenvalue weighted by Gasteiger charge is -2.30. The number of tetrazole rings is 1. The van der Waals surface area contributed by atoms with Crippen molar-refractivity contribution >= 4 is 17.5 Å². The number of carbonyl (C=O) groups excluding carboxylic acids is 1.